The summed E-state index contributed by atoms with van der Waals surface area (Å²) in [7, 11) is 0. The first-order valence-electron chi connectivity index (χ1n) is 4.30. The number of aryl methyl sites for hydroxylation is 1. The van der Waals surface area contributed by atoms with Crippen molar-refractivity contribution in [3.8, 4) is 11.3 Å². The van der Waals surface area contributed by atoms with Crippen molar-refractivity contribution in [2.45, 2.75) is 6.92 Å². The van der Waals surface area contributed by atoms with Gasteiger partial charge in [0.05, 0.1) is 0 Å². The Morgan fingerprint density at radius 2 is 2.13 bits per heavy atom. The normalized spacial score (nSPS) is 10.5. The summed E-state index contributed by atoms with van der Waals surface area (Å²) in [5, 5.41) is 0. The van der Waals surface area contributed by atoms with E-state index in [0.717, 1.165) is 10.0 Å². The summed E-state index contributed by atoms with van der Waals surface area (Å²) in [6.45, 7) is 1.80. The number of rotatable bonds is 1. The molecule has 0 bridgehead atoms. The van der Waals surface area contributed by atoms with E-state index < -0.39 is 0 Å². The standard InChI is InChI=1S/C9H10BrN5/c1-5-14-8(9(11)15(5)12)6-2-7(10)4-13-3-6/h2-4H,11-12H2,1H3. The largest absolute Gasteiger partial charge is 0.382 e. The number of aromatic nitrogens is 3. The van der Waals surface area contributed by atoms with Crippen LogP contribution in [0.4, 0.5) is 5.82 Å². The predicted molar refractivity (Wildman–Crippen MR) is 62.5 cm³/mol. The molecule has 4 N–H and O–H groups in total. The first-order valence-corrected chi connectivity index (χ1v) is 5.09. The van der Waals surface area contributed by atoms with Gasteiger partial charge in [-0.2, -0.15) is 0 Å². The Kier molecular flexibility index (Phi) is 2.36. The van der Waals surface area contributed by atoms with Gasteiger partial charge in [-0.1, -0.05) is 0 Å². The molecule has 6 heteroatoms. The summed E-state index contributed by atoms with van der Waals surface area (Å²) in [6, 6.07) is 1.89. The number of imidazole rings is 1. The van der Waals surface area contributed by atoms with Gasteiger partial charge in [0.1, 0.15) is 11.5 Å². The van der Waals surface area contributed by atoms with Crippen molar-refractivity contribution in [1.82, 2.24) is 14.6 Å². The van der Waals surface area contributed by atoms with Gasteiger partial charge in [-0.3, -0.25) is 4.98 Å². The van der Waals surface area contributed by atoms with E-state index in [0.29, 0.717) is 17.3 Å². The van der Waals surface area contributed by atoms with Crippen LogP contribution in [0.15, 0.2) is 22.9 Å². The topological polar surface area (TPSA) is 82.8 Å². The molecule has 2 aromatic heterocycles. The minimum absolute atomic E-state index is 0.437. The molecule has 0 aliphatic rings. The molecule has 2 heterocycles. The molecule has 0 saturated heterocycles. The quantitative estimate of drug-likeness (QED) is 0.764. The van der Waals surface area contributed by atoms with E-state index in [1.165, 1.54) is 4.68 Å². The molecule has 0 spiro atoms. The summed E-state index contributed by atoms with van der Waals surface area (Å²) < 4.78 is 2.24. The summed E-state index contributed by atoms with van der Waals surface area (Å²) in [5.41, 5.74) is 7.32. The Balaban J connectivity index is 2.59. The first-order chi connectivity index (χ1) is 7.09. The van der Waals surface area contributed by atoms with Crippen molar-refractivity contribution in [3.63, 3.8) is 0 Å². The van der Waals surface area contributed by atoms with Crippen LogP contribution in [0.5, 0.6) is 0 Å². The molecular weight excluding hydrogens is 258 g/mol. The molecule has 0 amide bonds. The second-order valence-corrected chi connectivity index (χ2v) is 4.07. The third-order valence-electron chi connectivity index (χ3n) is 2.10. The SMILES string of the molecule is Cc1nc(-c2cncc(Br)c2)c(N)n1N. The maximum Gasteiger partial charge on any atom is 0.150 e. The molecule has 0 fully saturated rings. The maximum absolute atomic E-state index is 5.82. The Bertz CT molecular complexity index is 505. The predicted octanol–water partition coefficient (Wildman–Crippen LogP) is 1.31. The van der Waals surface area contributed by atoms with Gasteiger partial charge in [0.2, 0.25) is 0 Å². The Morgan fingerprint density at radius 1 is 1.40 bits per heavy atom. The molecule has 0 aliphatic heterocycles. The van der Waals surface area contributed by atoms with Crippen molar-refractivity contribution in [2.75, 3.05) is 11.6 Å². The molecule has 0 atom stereocenters. The van der Waals surface area contributed by atoms with E-state index >= 15 is 0 Å². The Hall–Kier alpha value is -1.56. The molecule has 2 rings (SSSR count). The monoisotopic (exact) mass is 267 g/mol. The number of halogens is 1. The van der Waals surface area contributed by atoms with E-state index in [1.54, 1.807) is 19.3 Å². The van der Waals surface area contributed by atoms with Crippen molar-refractivity contribution in [2.24, 2.45) is 0 Å². The molecule has 2 aromatic rings. The van der Waals surface area contributed by atoms with Crippen LogP contribution in [0.3, 0.4) is 0 Å². The van der Waals surface area contributed by atoms with Gasteiger partial charge in [0, 0.05) is 22.4 Å². The molecule has 0 aromatic carbocycles. The number of hydrogen-bond donors (Lipinski definition) is 2. The van der Waals surface area contributed by atoms with E-state index in [9.17, 15) is 0 Å². The van der Waals surface area contributed by atoms with Gasteiger partial charge >= 0.3 is 0 Å². The van der Waals surface area contributed by atoms with Gasteiger partial charge < -0.3 is 11.6 Å². The van der Waals surface area contributed by atoms with Gasteiger partial charge in [-0.15, -0.1) is 0 Å². The molecular formula is C9H10BrN5. The maximum atomic E-state index is 5.82. The zero-order valence-electron chi connectivity index (χ0n) is 8.11. The lowest BCUT2D eigenvalue weighted by atomic mass is 10.2. The van der Waals surface area contributed by atoms with E-state index in [1.807, 2.05) is 6.07 Å². The molecule has 0 saturated carbocycles. The highest BCUT2D eigenvalue weighted by atomic mass is 79.9. The van der Waals surface area contributed by atoms with Gasteiger partial charge in [-0.25, -0.2) is 9.66 Å². The number of pyridine rings is 1. The fourth-order valence-electron chi connectivity index (χ4n) is 1.32. The highest BCUT2D eigenvalue weighted by Crippen LogP contribution is 2.25. The van der Waals surface area contributed by atoms with Crippen molar-refractivity contribution in [1.29, 1.82) is 0 Å². The zero-order valence-corrected chi connectivity index (χ0v) is 9.69. The van der Waals surface area contributed by atoms with Gasteiger partial charge in [0.25, 0.3) is 0 Å². The van der Waals surface area contributed by atoms with Crippen LogP contribution in [0.2, 0.25) is 0 Å². The smallest absolute Gasteiger partial charge is 0.150 e. The molecule has 78 valence electrons. The molecule has 0 unspecified atom stereocenters. The fourth-order valence-corrected chi connectivity index (χ4v) is 1.68. The summed E-state index contributed by atoms with van der Waals surface area (Å²) >= 11 is 3.34. The van der Waals surface area contributed by atoms with Crippen LogP contribution in [-0.2, 0) is 0 Å². The highest BCUT2D eigenvalue weighted by Gasteiger charge is 2.12. The van der Waals surface area contributed by atoms with Crippen molar-refractivity contribution < 1.29 is 0 Å². The average molecular weight is 268 g/mol. The summed E-state index contributed by atoms with van der Waals surface area (Å²) in [4.78, 5) is 8.32. The van der Waals surface area contributed by atoms with Crippen molar-refractivity contribution >= 4 is 21.7 Å². The number of nitrogens with zero attached hydrogens (tertiary/aromatic N) is 3. The number of hydrogen-bond acceptors (Lipinski definition) is 4. The van der Waals surface area contributed by atoms with Crippen LogP contribution >= 0.6 is 15.9 Å². The van der Waals surface area contributed by atoms with Crippen LogP contribution in [0.25, 0.3) is 11.3 Å². The lowest BCUT2D eigenvalue weighted by molar-refractivity contribution is 0.937. The number of nitrogens with two attached hydrogens (primary N) is 2. The minimum atomic E-state index is 0.437. The Labute approximate surface area is 95.2 Å². The van der Waals surface area contributed by atoms with Crippen LogP contribution < -0.4 is 11.6 Å². The third-order valence-corrected chi connectivity index (χ3v) is 2.54. The van der Waals surface area contributed by atoms with Crippen molar-refractivity contribution in [3.05, 3.63) is 28.8 Å². The molecule has 0 radical (unpaired) electrons. The number of anilines is 1. The molecule has 15 heavy (non-hydrogen) atoms. The van der Waals surface area contributed by atoms with E-state index in [-0.39, 0.29) is 0 Å². The fraction of sp³-hybridized carbons (Fsp3) is 0.111. The third kappa shape index (κ3) is 1.68. The lowest BCUT2D eigenvalue weighted by Crippen LogP contribution is -2.13. The number of nitrogen functional groups attached to an aromatic ring is 2. The van der Waals surface area contributed by atoms with E-state index in [2.05, 4.69) is 25.9 Å². The second-order valence-electron chi connectivity index (χ2n) is 3.15. The van der Waals surface area contributed by atoms with Crippen LogP contribution in [0, 0.1) is 6.92 Å². The summed E-state index contributed by atoms with van der Waals surface area (Å²) in [5.74, 6) is 6.78. The van der Waals surface area contributed by atoms with Crippen LogP contribution in [-0.4, -0.2) is 14.6 Å². The zero-order chi connectivity index (χ0) is 11.0. The van der Waals surface area contributed by atoms with Gasteiger partial charge in [0.15, 0.2) is 5.82 Å². The minimum Gasteiger partial charge on any atom is -0.382 e. The molecule has 0 aliphatic carbocycles. The first kappa shape index (κ1) is 9.97. The van der Waals surface area contributed by atoms with Crippen LogP contribution in [0.1, 0.15) is 5.82 Å². The Morgan fingerprint density at radius 3 is 2.67 bits per heavy atom. The van der Waals surface area contributed by atoms with E-state index in [4.69, 9.17) is 11.6 Å². The lowest BCUT2D eigenvalue weighted by Gasteiger charge is -2.00. The average Bonchev–Trinajstić information content (AvgIpc) is 2.46. The second kappa shape index (κ2) is 3.54. The summed E-state index contributed by atoms with van der Waals surface area (Å²) in [6.07, 6.45) is 3.40. The highest BCUT2D eigenvalue weighted by molar-refractivity contribution is 9.10. The van der Waals surface area contributed by atoms with Gasteiger partial charge in [-0.05, 0) is 28.9 Å². The molecule has 5 nitrogen and oxygen atoms in total.